The molecule has 3 aromatic rings. The Morgan fingerprint density at radius 1 is 0.913 bits per heavy atom. The van der Waals surface area contributed by atoms with Crippen LogP contribution in [-0.4, -0.2) is 33.1 Å². The van der Waals surface area contributed by atoms with Crippen molar-refractivity contribution in [2.45, 2.75) is 10.6 Å². The van der Waals surface area contributed by atoms with Gasteiger partial charge >= 0.3 is 0 Å². The number of hydrogen-bond donors (Lipinski definition) is 0. The number of thioether (sulfide) groups is 1. The molecule has 1 atom stereocenters. The topological polar surface area (TPSA) is 52.3 Å². The average molecular weight is 322 g/mol. The van der Waals surface area contributed by atoms with Crippen molar-refractivity contribution in [1.82, 2.24) is 14.9 Å². The van der Waals surface area contributed by atoms with E-state index in [0.29, 0.717) is 0 Å². The fourth-order valence-electron chi connectivity index (χ4n) is 2.47. The summed E-state index contributed by atoms with van der Waals surface area (Å²) in [6.45, 7) is 0. The van der Waals surface area contributed by atoms with Crippen molar-refractivity contribution in [1.29, 1.82) is 0 Å². The lowest BCUT2D eigenvalue weighted by atomic mass is 10.1. The fraction of sp³-hybridized carbons (Fsp3) is 0.118. The van der Waals surface area contributed by atoms with Crippen LogP contribution >= 0.6 is 11.8 Å². The van der Waals surface area contributed by atoms with Gasteiger partial charge in [0.25, 0.3) is 0 Å². The van der Waals surface area contributed by atoms with Crippen molar-refractivity contribution >= 4 is 17.5 Å². The minimum absolute atomic E-state index is 0.197. The number of aromatic nitrogens is 3. The largest absolute Gasteiger partial charge is 0.364 e. The van der Waals surface area contributed by atoms with Gasteiger partial charge in [-0.05, 0) is 11.8 Å². The zero-order valence-electron chi connectivity index (χ0n) is 12.5. The van der Waals surface area contributed by atoms with E-state index >= 15 is 0 Å². The Kier molecular flexibility index (Phi) is 3.69. The minimum Gasteiger partial charge on any atom is -0.364 e. The summed E-state index contributed by atoms with van der Waals surface area (Å²) in [6.07, 6.45) is 0. The number of nitrogens with zero attached hydrogens (tertiary/aromatic N) is 4. The highest BCUT2D eigenvalue weighted by Gasteiger charge is 2.28. The molecule has 0 spiro atoms. The van der Waals surface area contributed by atoms with E-state index in [-0.39, 0.29) is 5.44 Å². The summed E-state index contributed by atoms with van der Waals surface area (Å²) in [5.74, 6) is 0.732. The number of hydrogen-bond acceptors (Lipinski definition) is 5. The van der Waals surface area contributed by atoms with Crippen molar-refractivity contribution in [3.8, 4) is 11.4 Å². The summed E-state index contributed by atoms with van der Waals surface area (Å²) >= 11 is 1.51. The van der Waals surface area contributed by atoms with Crippen molar-refractivity contribution in [3.05, 3.63) is 66.2 Å². The summed E-state index contributed by atoms with van der Waals surface area (Å²) < 4.78 is 7.37. The summed E-state index contributed by atoms with van der Waals surface area (Å²) in [7, 11) is 1.68. The molecule has 4 rings (SSSR count). The van der Waals surface area contributed by atoms with Gasteiger partial charge in [0.1, 0.15) is 5.71 Å². The number of fused-ring (bicyclic) bond motifs is 1. The van der Waals surface area contributed by atoms with Gasteiger partial charge in [-0.1, -0.05) is 60.7 Å². The molecule has 114 valence electrons. The third kappa shape index (κ3) is 2.56. The summed E-state index contributed by atoms with van der Waals surface area (Å²) in [6, 6.07) is 20.0. The predicted molar refractivity (Wildman–Crippen MR) is 90.5 cm³/mol. The molecule has 1 aromatic heterocycles. The highest BCUT2D eigenvalue weighted by Crippen LogP contribution is 2.33. The molecule has 2 aromatic carbocycles. The van der Waals surface area contributed by atoms with Crippen LogP contribution in [0.3, 0.4) is 0 Å². The molecule has 0 fully saturated rings. The third-order valence-electron chi connectivity index (χ3n) is 3.57. The van der Waals surface area contributed by atoms with Gasteiger partial charge in [-0.25, -0.2) is 0 Å². The maximum Gasteiger partial charge on any atom is 0.215 e. The molecule has 1 aliphatic rings. The second-order valence-electron chi connectivity index (χ2n) is 5.02. The molecule has 0 N–H and O–H groups in total. The molecule has 0 aliphatic carbocycles. The number of rotatable bonds is 3. The molecular formula is C17H14N4OS. The molecule has 1 aliphatic heterocycles. The first kappa shape index (κ1) is 14.2. The highest BCUT2D eigenvalue weighted by molar-refractivity contribution is 8.00. The zero-order chi connectivity index (χ0) is 15.6. The predicted octanol–water partition coefficient (Wildman–Crippen LogP) is 3.28. The molecule has 6 heteroatoms. The summed E-state index contributed by atoms with van der Waals surface area (Å²) in [4.78, 5) is 0. The van der Waals surface area contributed by atoms with E-state index in [9.17, 15) is 0 Å². The highest BCUT2D eigenvalue weighted by atomic mass is 32.2. The number of methoxy groups -OCH3 is 1. The lowest BCUT2D eigenvalue weighted by Gasteiger charge is -2.21. The Morgan fingerprint density at radius 3 is 2.22 bits per heavy atom. The molecular weight excluding hydrogens is 308 g/mol. The maximum atomic E-state index is 5.58. The molecule has 2 heterocycles. The third-order valence-corrected chi connectivity index (χ3v) is 4.67. The van der Waals surface area contributed by atoms with E-state index < -0.39 is 0 Å². The maximum absolute atomic E-state index is 5.58. The first-order valence-corrected chi connectivity index (χ1v) is 8.09. The van der Waals surface area contributed by atoms with Gasteiger partial charge in [0.2, 0.25) is 5.16 Å². The van der Waals surface area contributed by atoms with Gasteiger partial charge in [0.15, 0.2) is 11.3 Å². The quantitative estimate of drug-likeness (QED) is 0.742. The Labute approximate surface area is 138 Å². The Hall–Kier alpha value is -2.44. The van der Waals surface area contributed by atoms with E-state index in [1.807, 2.05) is 60.7 Å². The van der Waals surface area contributed by atoms with Crippen LogP contribution in [-0.2, 0) is 4.74 Å². The van der Waals surface area contributed by atoms with Gasteiger partial charge in [-0.2, -0.15) is 9.78 Å². The molecule has 0 amide bonds. The van der Waals surface area contributed by atoms with Crippen LogP contribution in [0.2, 0.25) is 0 Å². The van der Waals surface area contributed by atoms with E-state index in [1.54, 1.807) is 11.8 Å². The lowest BCUT2D eigenvalue weighted by Crippen LogP contribution is -2.26. The molecule has 0 radical (unpaired) electrons. The van der Waals surface area contributed by atoms with Gasteiger partial charge in [-0.15, -0.1) is 10.2 Å². The van der Waals surface area contributed by atoms with Crippen molar-refractivity contribution < 1.29 is 4.74 Å². The fourth-order valence-corrected chi connectivity index (χ4v) is 3.36. The molecule has 0 saturated carbocycles. The molecule has 5 nitrogen and oxygen atoms in total. The molecule has 23 heavy (non-hydrogen) atoms. The smallest absolute Gasteiger partial charge is 0.215 e. The SMILES string of the molecule is COC1Sc2nnc(-c3ccccc3)n2N=C1c1ccccc1. The van der Waals surface area contributed by atoms with Crippen molar-refractivity contribution in [2.24, 2.45) is 5.10 Å². The van der Waals surface area contributed by atoms with E-state index in [1.165, 1.54) is 11.8 Å². The normalized spacial score (nSPS) is 16.7. The Balaban J connectivity index is 1.85. The second-order valence-corrected chi connectivity index (χ2v) is 6.05. The van der Waals surface area contributed by atoms with Crippen LogP contribution in [0.1, 0.15) is 5.56 Å². The number of benzene rings is 2. The molecule has 0 saturated heterocycles. The van der Waals surface area contributed by atoms with Crippen LogP contribution in [0.25, 0.3) is 11.4 Å². The van der Waals surface area contributed by atoms with E-state index in [2.05, 4.69) is 10.2 Å². The van der Waals surface area contributed by atoms with Crippen LogP contribution < -0.4 is 0 Å². The van der Waals surface area contributed by atoms with Gasteiger partial charge < -0.3 is 4.74 Å². The number of ether oxygens (including phenoxy) is 1. The van der Waals surface area contributed by atoms with Crippen molar-refractivity contribution in [3.63, 3.8) is 0 Å². The van der Waals surface area contributed by atoms with Crippen LogP contribution in [0.4, 0.5) is 0 Å². The van der Waals surface area contributed by atoms with Crippen LogP contribution in [0.5, 0.6) is 0 Å². The summed E-state index contributed by atoms with van der Waals surface area (Å²) in [5.41, 5.74) is 2.68. The minimum atomic E-state index is -0.197. The Morgan fingerprint density at radius 2 is 1.57 bits per heavy atom. The average Bonchev–Trinajstić information content (AvgIpc) is 3.05. The van der Waals surface area contributed by atoms with Crippen molar-refractivity contribution in [2.75, 3.05) is 7.11 Å². The Bertz CT molecular complexity index is 846. The standard InChI is InChI=1S/C17H14N4OS/c1-22-16-14(12-8-4-2-5-9-12)20-21-15(18-19-17(21)23-16)13-10-6-3-7-11-13/h2-11,16H,1H3. The first-order valence-electron chi connectivity index (χ1n) is 7.21. The van der Waals surface area contributed by atoms with Gasteiger partial charge in [0, 0.05) is 18.2 Å². The molecule has 1 unspecified atom stereocenters. The summed E-state index contributed by atoms with van der Waals surface area (Å²) in [5, 5.41) is 14.0. The van der Waals surface area contributed by atoms with Gasteiger partial charge in [-0.3, -0.25) is 0 Å². The van der Waals surface area contributed by atoms with Crippen LogP contribution in [0, 0.1) is 0 Å². The van der Waals surface area contributed by atoms with E-state index in [0.717, 1.165) is 27.8 Å². The molecule has 0 bridgehead atoms. The second kappa shape index (κ2) is 5.98. The monoisotopic (exact) mass is 322 g/mol. The zero-order valence-corrected chi connectivity index (χ0v) is 13.3. The first-order chi connectivity index (χ1) is 11.4. The van der Waals surface area contributed by atoms with E-state index in [4.69, 9.17) is 9.84 Å². The van der Waals surface area contributed by atoms with Crippen LogP contribution in [0.15, 0.2) is 70.9 Å². The lowest BCUT2D eigenvalue weighted by molar-refractivity contribution is 0.218. The van der Waals surface area contributed by atoms with Gasteiger partial charge in [0.05, 0.1) is 0 Å².